The number of ether oxygens (including phenoxy) is 2. The fourth-order valence-electron chi connectivity index (χ4n) is 5.34. The summed E-state index contributed by atoms with van der Waals surface area (Å²) in [6, 6.07) is 10.7. The van der Waals surface area contributed by atoms with Gasteiger partial charge >= 0.3 is 0 Å². The van der Waals surface area contributed by atoms with Gasteiger partial charge in [0.15, 0.2) is 0 Å². The van der Waals surface area contributed by atoms with Crippen LogP contribution in [0.1, 0.15) is 67.4 Å². The zero-order valence-electron chi connectivity index (χ0n) is 15.9. The first-order valence-electron chi connectivity index (χ1n) is 9.67. The number of phenols is 1. The molecular weight excluding hydrogens is 340 g/mol. The molecule has 2 bridgehead atoms. The molecule has 2 aromatic rings. The van der Waals surface area contributed by atoms with E-state index in [-0.39, 0.29) is 28.6 Å². The van der Waals surface area contributed by atoms with E-state index in [0.717, 1.165) is 24.8 Å². The third-order valence-corrected chi connectivity index (χ3v) is 6.63. The fraction of sp³-hybridized carbons (Fsp3) is 0.435. The van der Waals surface area contributed by atoms with Crippen LogP contribution in [0.3, 0.4) is 0 Å². The summed E-state index contributed by atoms with van der Waals surface area (Å²) in [5, 5.41) is 10.8. The van der Waals surface area contributed by atoms with Crippen molar-refractivity contribution in [2.24, 2.45) is 5.92 Å². The summed E-state index contributed by atoms with van der Waals surface area (Å²) in [5.41, 5.74) is 1.15. The highest BCUT2D eigenvalue weighted by Gasteiger charge is 2.55. The molecular formula is C23H24O4. The number of hydrogen-bond donors (Lipinski definition) is 1. The summed E-state index contributed by atoms with van der Waals surface area (Å²) < 4.78 is 12.7. The first kappa shape index (κ1) is 16.7. The van der Waals surface area contributed by atoms with Gasteiger partial charge < -0.3 is 14.6 Å². The van der Waals surface area contributed by atoms with Crippen molar-refractivity contribution < 1.29 is 19.4 Å². The molecule has 1 aliphatic carbocycles. The number of ketones is 1. The van der Waals surface area contributed by atoms with Crippen molar-refractivity contribution in [3.8, 4) is 17.2 Å². The predicted molar refractivity (Wildman–Crippen MR) is 102 cm³/mol. The zero-order chi connectivity index (χ0) is 19.0. The van der Waals surface area contributed by atoms with Gasteiger partial charge in [0.25, 0.3) is 0 Å². The van der Waals surface area contributed by atoms with E-state index < -0.39 is 5.60 Å². The van der Waals surface area contributed by atoms with Crippen LogP contribution in [-0.2, 0) is 0 Å². The second-order valence-electron chi connectivity index (χ2n) is 8.92. The molecule has 1 saturated carbocycles. The molecule has 4 nitrogen and oxygen atoms in total. The number of phenolic OH excluding ortho intramolecular Hbond substituents is 1. The maximum atomic E-state index is 13.2. The summed E-state index contributed by atoms with van der Waals surface area (Å²) in [7, 11) is 0. The molecule has 0 spiro atoms. The molecule has 0 aromatic heterocycles. The average molecular weight is 364 g/mol. The minimum absolute atomic E-state index is 0.0737. The Kier molecular flexibility index (Phi) is 3.26. The SMILES string of the molecule is CC1(C)Oc2c(C(=O)c3ccccc3)c(O)cc3c2[C@@H]2C[C@@](C)(CC[C@@H]21)O3. The molecule has 1 N–H and O–H groups in total. The minimum atomic E-state index is -0.396. The van der Waals surface area contributed by atoms with Crippen LogP contribution in [0.25, 0.3) is 0 Å². The van der Waals surface area contributed by atoms with E-state index in [1.54, 1.807) is 18.2 Å². The van der Waals surface area contributed by atoms with E-state index in [0.29, 0.717) is 23.0 Å². The molecule has 0 unspecified atom stereocenters. The normalized spacial score (nSPS) is 29.4. The number of rotatable bonds is 2. The van der Waals surface area contributed by atoms with Crippen molar-refractivity contribution in [1.82, 2.24) is 0 Å². The number of aromatic hydroxyl groups is 1. The summed E-state index contributed by atoms with van der Waals surface area (Å²) in [5.74, 6) is 1.55. The standard InChI is InChI=1S/C23H24O4/c1-22(2)15-9-10-23(3)12-14(15)18-17(26-23)11-16(24)19(21(18)27-22)20(25)13-7-5-4-6-8-13/h4-8,11,14-15,24H,9-10,12H2,1-3H3/t14-,15+,23-/m1/s1. The van der Waals surface area contributed by atoms with Crippen molar-refractivity contribution in [2.45, 2.75) is 57.2 Å². The van der Waals surface area contributed by atoms with Crippen molar-refractivity contribution in [3.63, 3.8) is 0 Å². The van der Waals surface area contributed by atoms with Crippen LogP contribution in [-0.4, -0.2) is 22.1 Å². The number of carbonyl (C=O) groups is 1. The number of benzene rings is 2. The molecule has 0 amide bonds. The first-order chi connectivity index (χ1) is 12.8. The molecule has 2 heterocycles. The lowest BCUT2D eigenvalue weighted by Crippen LogP contribution is -2.54. The van der Waals surface area contributed by atoms with Crippen LogP contribution in [0.5, 0.6) is 17.2 Å². The van der Waals surface area contributed by atoms with E-state index >= 15 is 0 Å². The quantitative estimate of drug-likeness (QED) is 0.776. The summed E-state index contributed by atoms with van der Waals surface area (Å²) in [6.07, 6.45) is 2.94. The Balaban J connectivity index is 1.75. The molecule has 27 heavy (non-hydrogen) atoms. The number of fused-ring (bicyclic) bond motifs is 1. The molecule has 0 saturated heterocycles. The monoisotopic (exact) mass is 364 g/mol. The lowest BCUT2D eigenvalue weighted by Gasteiger charge is -2.55. The Morgan fingerprint density at radius 1 is 1.15 bits per heavy atom. The Morgan fingerprint density at radius 2 is 1.89 bits per heavy atom. The van der Waals surface area contributed by atoms with Gasteiger partial charge in [-0.05, 0) is 40.0 Å². The summed E-state index contributed by atoms with van der Waals surface area (Å²) >= 11 is 0. The van der Waals surface area contributed by atoms with Gasteiger partial charge in [-0.1, -0.05) is 30.3 Å². The average Bonchev–Trinajstić information content (AvgIpc) is 2.60. The third kappa shape index (κ3) is 2.32. The van der Waals surface area contributed by atoms with Crippen LogP contribution >= 0.6 is 0 Å². The summed E-state index contributed by atoms with van der Waals surface area (Å²) in [4.78, 5) is 13.2. The number of hydrogen-bond acceptors (Lipinski definition) is 4. The van der Waals surface area contributed by atoms with Crippen LogP contribution in [0, 0.1) is 5.92 Å². The highest BCUT2D eigenvalue weighted by Crippen LogP contribution is 2.62. The second kappa shape index (κ2) is 5.28. The van der Waals surface area contributed by atoms with E-state index in [1.165, 1.54) is 0 Å². The van der Waals surface area contributed by atoms with E-state index in [4.69, 9.17) is 9.47 Å². The van der Waals surface area contributed by atoms with Gasteiger partial charge in [0.05, 0.1) is 0 Å². The highest BCUT2D eigenvalue weighted by molar-refractivity contribution is 6.13. The van der Waals surface area contributed by atoms with Gasteiger partial charge in [-0.2, -0.15) is 0 Å². The zero-order valence-corrected chi connectivity index (χ0v) is 15.9. The van der Waals surface area contributed by atoms with Gasteiger partial charge in [0.1, 0.15) is 34.0 Å². The Hall–Kier alpha value is -2.49. The largest absolute Gasteiger partial charge is 0.507 e. The fourth-order valence-corrected chi connectivity index (χ4v) is 5.34. The van der Waals surface area contributed by atoms with Gasteiger partial charge in [0, 0.05) is 29.0 Å². The molecule has 1 fully saturated rings. The Labute approximate surface area is 159 Å². The molecule has 5 rings (SSSR count). The highest BCUT2D eigenvalue weighted by atomic mass is 16.5. The van der Waals surface area contributed by atoms with Crippen molar-refractivity contribution in [2.75, 3.05) is 0 Å². The molecule has 2 aliphatic heterocycles. The van der Waals surface area contributed by atoms with Crippen molar-refractivity contribution in [1.29, 1.82) is 0 Å². The lowest BCUT2D eigenvalue weighted by atomic mass is 9.61. The van der Waals surface area contributed by atoms with Gasteiger partial charge in [-0.25, -0.2) is 0 Å². The van der Waals surface area contributed by atoms with Crippen LogP contribution < -0.4 is 9.47 Å². The topological polar surface area (TPSA) is 55.8 Å². The maximum Gasteiger partial charge on any atom is 0.200 e. The van der Waals surface area contributed by atoms with Gasteiger partial charge in [-0.3, -0.25) is 4.79 Å². The van der Waals surface area contributed by atoms with Crippen LogP contribution in [0.2, 0.25) is 0 Å². The van der Waals surface area contributed by atoms with E-state index in [9.17, 15) is 9.90 Å². The second-order valence-corrected chi connectivity index (χ2v) is 8.92. The molecule has 2 aromatic carbocycles. The first-order valence-corrected chi connectivity index (χ1v) is 9.67. The van der Waals surface area contributed by atoms with Crippen LogP contribution in [0.4, 0.5) is 0 Å². The lowest BCUT2D eigenvalue weighted by molar-refractivity contribution is -0.0731. The van der Waals surface area contributed by atoms with Crippen LogP contribution in [0.15, 0.2) is 36.4 Å². The van der Waals surface area contributed by atoms with Crippen molar-refractivity contribution in [3.05, 3.63) is 53.1 Å². The smallest absolute Gasteiger partial charge is 0.200 e. The van der Waals surface area contributed by atoms with E-state index in [1.807, 2.05) is 18.2 Å². The van der Waals surface area contributed by atoms with Gasteiger partial charge in [0.2, 0.25) is 5.78 Å². The Morgan fingerprint density at radius 3 is 2.63 bits per heavy atom. The molecule has 3 aliphatic rings. The van der Waals surface area contributed by atoms with Crippen molar-refractivity contribution >= 4 is 5.78 Å². The maximum absolute atomic E-state index is 13.2. The molecule has 0 radical (unpaired) electrons. The predicted octanol–water partition coefficient (Wildman–Crippen LogP) is 4.83. The minimum Gasteiger partial charge on any atom is -0.507 e. The van der Waals surface area contributed by atoms with E-state index in [2.05, 4.69) is 20.8 Å². The summed E-state index contributed by atoms with van der Waals surface area (Å²) in [6.45, 7) is 6.34. The molecule has 3 atom stereocenters. The third-order valence-electron chi connectivity index (χ3n) is 6.63. The van der Waals surface area contributed by atoms with Gasteiger partial charge in [-0.15, -0.1) is 0 Å². The Bertz CT molecular complexity index is 947. The molecule has 4 heteroatoms. The number of carbonyl (C=O) groups excluding carboxylic acids is 1. The molecule has 140 valence electrons.